The molecule has 5 aromatic carbocycles. The predicted octanol–water partition coefficient (Wildman–Crippen LogP) is 7.46. The molecule has 4 aliphatic heterocycles. The van der Waals surface area contributed by atoms with Gasteiger partial charge in [0.05, 0.1) is 53.2 Å². The number of carbonyl (C=O) groups is 3. The number of fused-ring (bicyclic) bond motifs is 2. The number of para-hydroxylation sites is 1. The van der Waals surface area contributed by atoms with Gasteiger partial charge in [0, 0.05) is 41.0 Å². The first-order valence-electron chi connectivity index (χ1n) is 22.7. The molecule has 65 heavy (non-hydrogen) atoms. The van der Waals surface area contributed by atoms with E-state index in [-0.39, 0.29) is 55.3 Å². The molecular weight excluding hydrogens is 854 g/mol. The number of rotatable bonds is 13. The van der Waals surface area contributed by atoms with Crippen molar-refractivity contribution in [2.24, 2.45) is 5.92 Å². The van der Waals surface area contributed by atoms with Crippen LogP contribution < -0.4 is 29.9 Å². The van der Waals surface area contributed by atoms with Crippen LogP contribution in [0.2, 0.25) is 23.7 Å². The Hall–Kier alpha value is -5.50. The molecule has 5 aromatic rings. The van der Waals surface area contributed by atoms with Crippen molar-refractivity contribution in [1.82, 2.24) is 10.2 Å². The summed E-state index contributed by atoms with van der Waals surface area (Å²) in [7, 11) is -0.918. The number of aliphatic hydroxyl groups is 1. The second kappa shape index (κ2) is 18.1. The number of piperidine rings is 1. The van der Waals surface area contributed by atoms with Gasteiger partial charge in [0.1, 0.15) is 11.3 Å². The molecule has 0 unspecified atom stereocenters. The van der Waals surface area contributed by atoms with Gasteiger partial charge in [-0.3, -0.25) is 19.3 Å². The van der Waals surface area contributed by atoms with E-state index in [1.165, 1.54) is 0 Å². The van der Waals surface area contributed by atoms with Crippen molar-refractivity contribution >= 4 is 59.6 Å². The van der Waals surface area contributed by atoms with Crippen molar-refractivity contribution < 1.29 is 29.0 Å². The summed E-state index contributed by atoms with van der Waals surface area (Å²) in [4.78, 5) is 52.1. The molecule has 0 radical (unpaired) electrons. The van der Waals surface area contributed by atoms with Crippen LogP contribution >= 0.6 is 11.6 Å². The van der Waals surface area contributed by atoms with E-state index >= 15 is 4.79 Å². The zero-order valence-corrected chi connectivity index (χ0v) is 39.3. The number of nitrogens with zero attached hydrogens (tertiary/aromatic N) is 4. The Kier molecular flexibility index (Phi) is 12.4. The Balaban J connectivity index is 1.03. The van der Waals surface area contributed by atoms with Crippen LogP contribution in [0.3, 0.4) is 0 Å². The van der Waals surface area contributed by atoms with Crippen molar-refractivity contribution in [1.29, 1.82) is 0 Å². The molecule has 9 rings (SSSR count). The van der Waals surface area contributed by atoms with E-state index in [4.69, 9.17) is 21.1 Å². The van der Waals surface area contributed by atoms with E-state index in [9.17, 15) is 14.7 Å². The number of nitrogens with one attached hydrogen (secondary N) is 1. The minimum atomic E-state index is -2.57. The lowest BCUT2D eigenvalue weighted by molar-refractivity contribution is -0.150. The SMILES string of the molecule is COc1ccc([Si](C)(C)[C@@H]2[C@@H](CC(=O)N(CCO)Cc3ccccc3)O[C@]3(C(=O)N(Cc4ccc(N5CN(c6ccccc6)C6(CCNCC6)C5=O)cc4)c4ccc(Cl)cc43)[C@H]2C)cc1. The van der Waals surface area contributed by atoms with E-state index < -0.39 is 25.3 Å². The topological polar surface area (TPSA) is 115 Å². The van der Waals surface area contributed by atoms with Crippen molar-refractivity contribution in [2.75, 3.05) is 54.7 Å². The van der Waals surface area contributed by atoms with E-state index in [1.807, 2.05) is 102 Å². The second-order valence-electron chi connectivity index (χ2n) is 18.5. The number of aliphatic hydroxyl groups excluding tert-OH is 1. The van der Waals surface area contributed by atoms with Gasteiger partial charge in [0.25, 0.3) is 11.8 Å². The van der Waals surface area contributed by atoms with Crippen LogP contribution in [0.1, 0.15) is 42.9 Å². The molecule has 4 heterocycles. The number of hydrogen-bond acceptors (Lipinski definition) is 8. The fourth-order valence-electron chi connectivity index (χ4n) is 11.3. The van der Waals surface area contributed by atoms with Crippen LogP contribution in [-0.4, -0.2) is 87.5 Å². The van der Waals surface area contributed by atoms with Gasteiger partial charge in [-0.25, -0.2) is 0 Å². The van der Waals surface area contributed by atoms with E-state index in [0.29, 0.717) is 23.8 Å². The fraction of sp³-hybridized carbons (Fsp3) is 0.365. The number of methoxy groups -OCH3 is 1. The molecule has 2 spiro atoms. The van der Waals surface area contributed by atoms with Crippen LogP contribution in [0.4, 0.5) is 17.1 Å². The van der Waals surface area contributed by atoms with Crippen LogP contribution in [0, 0.1) is 5.92 Å². The maximum absolute atomic E-state index is 15.5. The lowest BCUT2D eigenvalue weighted by Gasteiger charge is -2.39. The number of halogens is 1. The number of hydrogen-bond donors (Lipinski definition) is 2. The van der Waals surface area contributed by atoms with Gasteiger partial charge in [-0.05, 0) is 97.2 Å². The van der Waals surface area contributed by atoms with Gasteiger partial charge < -0.3 is 34.6 Å². The maximum Gasteiger partial charge on any atom is 0.264 e. The Bertz CT molecular complexity index is 2520. The largest absolute Gasteiger partial charge is 0.497 e. The molecule has 3 fully saturated rings. The van der Waals surface area contributed by atoms with Gasteiger partial charge in [-0.1, -0.05) is 110 Å². The van der Waals surface area contributed by atoms with E-state index in [2.05, 4.69) is 54.5 Å². The third kappa shape index (κ3) is 7.92. The average molecular weight is 913 g/mol. The lowest BCUT2D eigenvalue weighted by atomic mass is 9.82. The summed E-state index contributed by atoms with van der Waals surface area (Å²) in [6, 6.07) is 41.6. The molecule has 3 saturated heterocycles. The number of amides is 3. The molecule has 0 saturated carbocycles. The molecule has 0 aliphatic carbocycles. The number of anilines is 3. The van der Waals surface area contributed by atoms with Gasteiger partial charge in [-0.15, -0.1) is 0 Å². The van der Waals surface area contributed by atoms with Crippen LogP contribution in [0.25, 0.3) is 0 Å². The fourth-order valence-corrected chi connectivity index (χ4v) is 15.5. The third-order valence-electron chi connectivity index (χ3n) is 14.6. The molecule has 4 aliphatic rings. The van der Waals surface area contributed by atoms with Crippen molar-refractivity contribution in [3.8, 4) is 5.75 Å². The lowest BCUT2D eigenvalue weighted by Crippen LogP contribution is -2.55. The van der Waals surface area contributed by atoms with Gasteiger partial charge in [0.2, 0.25) is 5.91 Å². The van der Waals surface area contributed by atoms with E-state index in [1.54, 1.807) is 23.0 Å². The first-order chi connectivity index (χ1) is 31.4. The van der Waals surface area contributed by atoms with Gasteiger partial charge >= 0.3 is 0 Å². The highest BCUT2D eigenvalue weighted by atomic mass is 35.5. The quantitative estimate of drug-likeness (QED) is 0.117. The number of ether oxygens (including phenoxy) is 2. The second-order valence-corrected chi connectivity index (χ2v) is 23.6. The Morgan fingerprint density at radius 1 is 0.877 bits per heavy atom. The van der Waals surface area contributed by atoms with Crippen molar-refractivity contribution in [3.63, 3.8) is 0 Å². The molecule has 13 heteroatoms. The van der Waals surface area contributed by atoms with Crippen molar-refractivity contribution in [3.05, 3.63) is 149 Å². The third-order valence-corrected chi connectivity index (χ3v) is 19.2. The highest BCUT2D eigenvalue weighted by Gasteiger charge is 2.66. The number of benzene rings is 5. The molecule has 2 N–H and O–H groups in total. The zero-order valence-electron chi connectivity index (χ0n) is 37.6. The molecule has 3 amide bonds. The minimum Gasteiger partial charge on any atom is -0.497 e. The van der Waals surface area contributed by atoms with Crippen molar-refractivity contribution in [2.45, 2.75) is 75.2 Å². The molecule has 0 aromatic heterocycles. The molecular formula is C52H58ClN5O6Si. The standard InChI is InChI=1S/C52H58ClN5O6Si/c1-36-48(65(3,4)43-22-20-42(63-2)21-23-43)46(32-47(60)55(29-30-59)33-37-11-7-5-8-12-37)64-52(36)44-31-39(53)17-24-45(44)56(50(52)62)34-38-15-18-40(19-16-38)57-35-58(41-13-9-6-10-14-41)51(49(57)61)25-27-54-28-26-51/h5-24,31,36,46,48,54,59H,25-30,32-35H2,1-4H3/t36-,46+,48-,52+/m0/s1. The number of carbonyl (C=O) groups excluding carboxylic acids is 3. The molecule has 338 valence electrons. The predicted molar refractivity (Wildman–Crippen MR) is 258 cm³/mol. The minimum absolute atomic E-state index is 0.0372. The smallest absolute Gasteiger partial charge is 0.264 e. The first kappa shape index (κ1) is 44.7. The maximum atomic E-state index is 15.5. The first-order valence-corrected chi connectivity index (χ1v) is 26.2. The summed E-state index contributed by atoms with van der Waals surface area (Å²) in [5.41, 5.74) is 2.90. The summed E-state index contributed by atoms with van der Waals surface area (Å²) < 4.78 is 12.8. The Morgan fingerprint density at radius 3 is 2.22 bits per heavy atom. The highest BCUT2D eigenvalue weighted by Crippen LogP contribution is 2.60. The summed E-state index contributed by atoms with van der Waals surface area (Å²) in [5.74, 6) is 0.169. The normalized spacial score (nSPS) is 22.6. The Morgan fingerprint density at radius 2 is 1.55 bits per heavy atom. The van der Waals surface area contributed by atoms with Crippen LogP contribution in [0.15, 0.2) is 127 Å². The Labute approximate surface area is 387 Å². The summed E-state index contributed by atoms with van der Waals surface area (Å²) >= 11 is 6.80. The van der Waals surface area contributed by atoms with Gasteiger partial charge in [0.15, 0.2) is 5.60 Å². The zero-order chi connectivity index (χ0) is 45.5. The molecule has 4 atom stereocenters. The highest BCUT2D eigenvalue weighted by molar-refractivity contribution is 6.91. The molecule has 11 nitrogen and oxygen atoms in total. The summed E-state index contributed by atoms with van der Waals surface area (Å²) in [6.07, 6.45) is 0.866. The monoisotopic (exact) mass is 911 g/mol. The van der Waals surface area contributed by atoms with E-state index in [0.717, 1.165) is 65.1 Å². The summed E-state index contributed by atoms with van der Waals surface area (Å²) in [6.45, 7) is 9.28. The summed E-state index contributed by atoms with van der Waals surface area (Å²) in [5, 5.41) is 15.2. The van der Waals surface area contributed by atoms with Crippen LogP contribution in [-0.2, 0) is 37.8 Å². The van der Waals surface area contributed by atoms with Gasteiger partial charge in [-0.2, -0.15) is 0 Å². The average Bonchev–Trinajstić information content (AvgIpc) is 3.86. The molecule has 0 bridgehead atoms. The van der Waals surface area contributed by atoms with Crippen LogP contribution in [0.5, 0.6) is 5.75 Å².